The van der Waals surface area contributed by atoms with Gasteiger partial charge in [0, 0.05) is 18.9 Å². The molecular weight excluding hydrogens is 117 g/mol. The van der Waals surface area contributed by atoms with Gasteiger partial charge in [0.1, 0.15) is 0 Å². The monoisotopic (exact) mass is 124 g/mol. The predicted molar refractivity (Wildman–Crippen MR) is 41.5 cm³/mol. The molecule has 0 atom stereocenters. The van der Waals surface area contributed by atoms with Gasteiger partial charge < -0.3 is 0 Å². The summed E-state index contributed by atoms with van der Waals surface area (Å²) in [5, 5.41) is 8.27. The van der Waals surface area contributed by atoms with Crippen LogP contribution < -0.4 is 0 Å². The fourth-order valence-corrected chi connectivity index (χ4v) is 0.687. The van der Waals surface area contributed by atoms with Crippen LogP contribution in [0, 0.1) is 11.3 Å². The van der Waals surface area contributed by atoms with Crippen molar-refractivity contribution in [1.82, 2.24) is 0 Å². The van der Waals surface area contributed by atoms with E-state index in [0.717, 1.165) is 5.56 Å². The van der Waals surface area contributed by atoms with Gasteiger partial charge in [-0.1, -0.05) is 30.3 Å². The second-order valence-corrected chi connectivity index (χ2v) is 1.82. The first-order chi connectivity index (χ1) is 4.43. The normalized spacial score (nSPS) is 7.50. The van der Waals surface area contributed by atoms with Gasteiger partial charge in [0.15, 0.2) is 0 Å². The Balaban J connectivity index is 0.000000810. The molecule has 0 saturated heterocycles. The standard InChI is InChI=1S/C8H7N.Li/c9-7-6-8-4-2-1-3-5-8;/h1-5H,6H2;. The van der Waals surface area contributed by atoms with E-state index in [9.17, 15) is 0 Å². The van der Waals surface area contributed by atoms with Crippen molar-refractivity contribution in [2.24, 2.45) is 0 Å². The molecule has 1 aromatic rings. The average molecular weight is 124 g/mol. The van der Waals surface area contributed by atoms with Crippen LogP contribution in [0.15, 0.2) is 30.3 Å². The predicted octanol–water partition coefficient (Wildman–Crippen LogP) is 1.37. The van der Waals surface area contributed by atoms with Crippen LogP contribution in [0.25, 0.3) is 0 Å². The van der Waals surface area contributed by atoms with E-state index in [-0.39, 0.29) is 18.9 Å². The molecule has 2 heteroatoms. The van der Waals surface area contributed by atoms with E-state index in [1.165, 1.54) is 0 Å². The van der Waals surface area contributed by atoms with Crippen molar-refractivity contribution in [1.29, 1.82) is 5.26 Å². The van der Waals surface area contributed by atoms with Crippen molar-refractivity contribution in [2.75, 3.05) is 0 Å². The smallest absolute Gasteiger partial charge is 0.0669 e. The van der Waals surface area contributed by atoms with Crippen LogP contribution in [0.3, 0.4) is 0 Å². The largest absolute Gasteiger partial charge is 0.198 e. The Bertz CT molecular complexity index is 212. The molecule has 0 unspecified atom stereocenters. The van der Waals surface area contributed by atoms with Gasteiger partial charge in [0.2, 0.25) is 0 Å². The van der Waals surface area contributed by atoms with Crippen LogP contribution in [0.4, 0.5) is 0 Å². The van der Waals surface area contributed by atoms with Gasteiger partial charge in [-0.2, -0.15) is 5.26 Å². The van der Waals surface area contributed by atoms with E-state index >= 15 is 0 Å². The van der Waals surface area contributed by atoms with Gasteiger partial charge in [-0.25, -0.2) is 0 Å². The molecule has 0 N–H and O–H groups in total. The summed E-state index contributed by atoms with van der Waals surface area (Å²) in [5.41, 5.74) is 1.08. The minimum absolute atomic E-state index is 0. The Labute approximate surface area is 72.9 Å². The first kappa shape index (κ1) is 9.31. The minimum Gasteiger partial charge on any atom is -0.198 e. The molecule has 0 saturated carbocycles. The third kappa shape index (κ3) is 2.74. The summed E-state index contributed by atoms with van der Waals surface area (Å²) >= 11 is 0. The SMILES string of the molecule is N#CCc1ccccc1.[Li]. The van der Waals surface area contributed by atoms with Crippen LogP contribution in [0.1, 0.15) is 5.56 Å². The molecular formula is C8H7LiN. The molecule has 0 spiro atoms. The van der Waals surface area contributed by atoms with Crippen LogP contribution in [0.5, 0.6) is 0 Å². The zero-order valence-corrected chi connectivity index (χ0v) is 6.04. The topological polar surface area (TPSA) is 23.8 Å². The van der Waals surface area contributed by atoms with Crippen LogP contribution >= 0.6 is 0 Å². The van der Waals surface area contributed by atoms with E-state index in [1.807, 2.05) is 30.3 Å². The average Bonchev–Trinajstić information content (AvgIpc) is 1.91. The number of hydrogen-bond donors (Lipinski definition) is 0. The maximum atomic E-state index is 8.27. The van der Waals surface area contributed by atoms with Crippen LogP contribution in [0.2, 0.25) is 0 Å². The number of nitrogens with zero attached hydrogens (tertiary/aromatic N) is 1. The summed E-state index contributed by atoms with van der Waals surface area (Å²) < 4.78 is 0. The summed E-state index contributed by atoms with van der Waals surface area (Å²) in [6, 6.07) is 11.8. The summed E-state index contributed by atoms with van der Waals surface area (Å²) in [6.45, 7) is 0. The maximum absolute atomic E-state index is 8.27. The summed E-state index contributed by atoms with van der Waals surface area (Å²) in [5.74, 6) is 0. The third-order valence-corrected chi connectivity index (χ3v) is 1.13. The molecule has 1 rings (SSSR count). The van der Waals surface area contributed by atoms with E-state index < -0.39 is 0 Å². The van der Waals surface area contributed by atoms with Crippen molar-refractivity contribution < 1.29 is 0 Å². The van der Waals surface area contributed by atoms with E-state index in [2.05, 4.69) is 6.07 Å². The number of benzene rings is 1. The second kappa shape index (κ2) is 5.12. The Morgan fingerprint density at radius 2 is 1.80 bits per heavy atom. The van der Waals surface area contributed by atoms with Gasteiger partial charge in [-0.05, 0) is 5.56 Å². The molecule has 1 aromatic carbocycles. The number of rotatable bonds is 1. The maximum Gasteiger partial charge on any atom is 0.0669 e. The molecule has 1 nitrogen and oxygen atoms in total. The molecule has 1 radical (unpaired) electrons. The molecule has 0 fully saturated rings. The molecule has 0 aliphatic heterocycles. The molecule has 0 amide bonds. The Morgan fingerprint density at radius 3 is 2.30 bits per heavy atom. The van der Waals surface area contributed by atoms with E-state index in [4.69, 9.17) is 5.26 Å². The zero-order chi connectivity index (χ0) is 6.53. The zero-order valence-electron chi connectivity index (χ0n) is 6.04. The van der Waals surface area contributed by atoms with Crippen molar-refractivity contribution >= 4 is 18.9 Å². The molecule has 0 heterocycles. The van der Waals surface area contributed by atoms with Crippen molar-refractivity contribution in [2.45, 2.75) is 6.42 Å². The summed E-state index contributed by atoms with van der Waals surface area (Å²) in [6.07, 6.45) is 0.515. The van der Waals surface area contributed by atoms with Gasteiger partial charge in [0.25, 0.3) is 0 Å². The minimum atomic E-state index is 0. The quantitative estimate of drug-likeness (QED) is 0.518. The van der Waals surface area contributed by atoms with Gasteiger partial charge >= 0.3 is 0 Å². The van der Waals surface area contributed by atoms with Crippen molar-refractivity contribution in [3.63, 3.8) is 0 Å². The van der Waals surface area contributed by atoms with Crippen molar-refractivity contribution in [3.8, 4) is 6.07 Å². The molecule has 0 aromatic heterocycles. The second-order valence-electron chi connectivity index (χ2n) is 1.82. The molecule has 45 valence electrons. The van der Waals surface area contributed by atoms with Crippen LogP contribution in [-0.4, -0.2) is 18.9 Å². The molecule has 0 aliphatic rings. The summed E-state index contributed by atoms with van der Waals surface area (Å²) in [7, 11) is 0. The first-order valence-corrected chi connectivity index (χ1v) is 2.84. The number of hydrogen-bond acceptors (Lipinski definition) is 1. The fourth-order valence-electron chi connectivity index (χ4n) is 0.687. The van der Waals surface area contributed by atoms with Gasteiger partial charge in [0.05, 0.1) is 12.5 Å². The number of nitriles is 1. The van der Waals surface area contributed by atoms with E-state index in [0.29, 0.717) is 6.42 Å². The van der Waals surface area contributed by atoms with Crippen molar-refractivity contribution in [3.05, 3.63) is 35.9 Å². The summed E-state index contributed by atoms with van der Waals surface area (Å²) in [4.78, 5) is 0. The Kier molecular flexibility index (Phi) is 4.77. The third-order valence-electron chi connectivity index (χ3n) is 1.13. The Morgan fingerprint density at radius 1 is 1.20 bits per heavy atom. The fraction of sp³-hybridized carbons (Fsp3) is 0.125. The molecule has 10 heavy (non-hydrogen) atoms. The van der Waals surface area contributed by atoms with E-state index in [1.54, 1.807) is 0 Å². The molecule has 0 bridgehead atoms. The van der Waals surface area contributed by atoms with Gasteiger partial charge in [-0.3, -0.25) is 0 Å². The van der Waals surface area contributed by atoms with Crippen LogP contribution in [-0.2, 0) is 6.42 Å². The first-order valence-electron chi connectivity index (χ1n) is 2.84. The Hall–Kier alpha value is -0.693. The molecule has 0 aliphatic carbocycles. The van der Waals surface area contributed by atoms with Gasteiger partial charge in [-0.15, -0.1) is 0 Å².